The highest BCUT2D eigenvalue weighted by Crippen LogP contribution is 2.42. The minimum absolute atomic E-state index is 0.0631. The summed E-state index contributed by atoms with van der Waals surface area (Å²) >= 11 is 1.13. The fourth-order valence-electron chi connectivity index (χ4n) is 3.48. The van der Waals surface area contributed by atoms with Crippen LogP contribution in [0.1, 0.15) is 40.0 Å². The minimum Gasteiger partial charge on any atom is -0.444 e. The standard InChI is InChI=1S/C16H26N4O4S2/c1-15(2,3)24-14(21)19-8-5-16(6-9-19)7-10-20(11-16)12-17-18-13(25-12)26(4,22)23/h5-11H2,1-4H3. The maximum absolute atomic E-state index is 12.2. The summed E-state index contributed by atoms with van der Waals surface area (Å²) in [6.45, 7) is 8.66. The summed E-state index contributed by atoms with van der Waals surface area (Å²) in [5.74, 6) is 0. The number of likely N-dealkylation sites (tertiary alicyclic amines) is 1. The molecule has 146 valence electrons. The van der Waals surface area contributed by atoms with Gasteiger partial charge < -0.3 is 14.5 Å². The third-order valence-corrected chi connectivity index (χ3v) is 7.55. The third-order valence-electron chi connectivity index (χ3n) is 4.90. The molecule has 0 bridgehead atoms. The van der Waals surface area contributed by atoms with Gasteiger partial charge in [-0.25, -0.2) is 13.2 Å². The first-order valence-electron chi connectivity index (χ1n) is 8.74. The Hall–Kier alpha value is -1.42. The summed E-state index contributed by atoms with van der Waals surface area (Å²) in [4.78, 5) is 16.1. The van der Waals surface area contributed by atoms with Crippen LogP contribution in [0.5, 0.6) is 0 Å². The van der Waals surface area contributed by atoms with Gasteiger partial charge in [-0.3, -0.25) is 0 Å². The summed E-state index contributed by atoms with van der Waals surface area (Å²) in [7, 11) is -3.32. The number of hydrogen-bond acceptors (Lipinski definition) is 8. The van der Waals surface area contributed by atoms with E-state index < -0.39 is 15.4 Å². The largest absolute Gasteiger partial charge is 0.444 e. The molecule has 2 aliphatic rings. The topological polar surface area (TPSA) is 92.7 Å². The lowest BCUT2D eigenvalue weighted by Crippen LogP contribution is -2.46. The number of hydrogen-bond donors (Lipinski definition) is 0. The second-order valence-corrected chi connectivity index (χ2v) is 11.4. The van der Waals surface area contributed by atoms with Crippen molar-refractivity contribution in [3.05, 3.63) is 0 Å². The zero-order chi connectivity index (χ0) is 19.2. The van der Waals surface area contributed by atoms with Crippen molar-refractivity contribution in [3.8, 4) is 0 Å². The molecular weight excluding hydrogens is 376 g/mol. The van der Waals surface area contributed by atoms with Crippen molar-refractivity contribution >= 4 is 32.4 Å². The number of carbonyl (C=O) groups is 1. The lowest BCUT2D eigenvalue weighted by atomic mass is 9.78. The minimum atomic E-state index is -3.32. The van der Waals surface area contributed by atoms with Crippen LogP contribution in [-0.4, -0.2) is 67.6 Å². The van der Waals surface area contributed by atoms with E-state index in [1.54, 1.807) is 4.90 Å². The second-order valence-electron chi connectivity index (χ2n) is 8.26. The van der Waals surface area contributed by atoms with Crippen molar-refractivity contribution in [3.63, 3.8) is 0 Å². The van der Waals surface area contributed by atoms with Gasteiger partial charge in [0.05, 0.1) is 0 Å². The Labute approximate surface area is 158 Å². The molecule has 2 saturated heterocycles. The fraction of sp³-hybridized carbons (Fsp3) is 0.812. The number of piperidine rings is 1. The second kappa shape index (κ2) is 6.63. The Kier molecular flexibility index (Phi) is 4.93. The zero-order valence-electron chi connectivity index (χ0n) is 15.7. The molecule has 2 fully saturated rings. The first-order valence-corrected chi connectivity index (χ1v) is 11.4. The number of carbonyl (C=O) groups excluding carboxylic acids is 1. The van der Waals surface area contributed by atoms with Crippen LogP contribution in [0.2, 0.25) is 0 Å². The molecule has 2 aliphatic heterocycles. The zero-order valence-corrected chi connectivity index (χ0v) is 17.3. The van der Waals surface area contributed by atoms with Crippen LogP contribution in [0, 0.1) is 5.41 Å². The molecule has 0 aliphatic carbocycles. The van der Waals surface area contributed by atoms with Crippen LogP contribution in [0.4, 0.5) is 9.93 Å². The van der Waals surface area contributed by atoms with Crippen LogP contribution in [0.3, 0.4) is 0 Å². The molecule has 0 N–H and O–H groups in total. The van der Waals surface area contributed by atoms with Gasteiger partial charge in [0.15, 0.2) is 0 Å². The lowest BCUT2D eigenvalue weighted by Gasteiger charge is -2.39. The number of amides is 1. The highest BCUT2D eigenvalue weighted by atomic mass is 32.2. The molecule has 10 heteroatoms. The third kappa shape index (κ3) is 4.28. The number of anilines is 1. The van der Waals surface area contributed by atoms with Crippen LogP contribution < -0.4 is 4.90 Å². The number of ether oxygens (including phenoxy) is 1. The highest BCUT2D eigenvalue weighted by Gasteiger charge is 2.43. The van der Waals surface area contributed by atoms with Gasteiger partial charge in [0.1, 0.15) is 5.60 Å². The molecule has 0 radical (unpaired) electrons. The Morgan fingerprint density at radius 2 is 1.77 bits per heavy atom. The van der Waals surface area contributed by atoms with Gasteiger partial charge >= 0.3 is 6.09 Å². The van der Waals surface area contributed by atoms with E-state index in [1.807, 2.05) is 20.8 Å². The summed E-state index contributed by atoms with van der Waals surface area (Å²) in [6, 6.07) is 0. The average molecular weight is 403 g/mol. The quantitative estimate of drug-likeness (QED) is 0.748. The smallest absolute Gasteiger partial charge is 0.410 e. The predicted molar refractivity (Wildman–Crippen MR) is 99.3 cm³/mol. The monoisotopic (exact) mass is 402 g/mol. The first-order chi connectivity index (χ1) is 12.0. The Morgan fingerprint density at radius 3 is 2.31 bits per heavy atom. The Bertz CT molecular complexity index is 776. The van der Waals surface area contributed by atoms with Gasteiger partial charge in [0.25, 0.3) is 0 Å². The van der Waals surface area contributed by atoms with Crippen molar-refractivity contribution in [2.24, 2.45) is 5.41 Å². The van der Waals surface area contributed by atoms with Crippen molar-refractivity contribution in [1.82, 2.24) is 15.1 Å². The van der Waals surface area contributed by atoms with Gasteiger partial charge in [0.2, 0.25) is 19.3 Å². The number of aromatic nitrogens is 2. The van der Waals surface area contributed by atoms with E-state index in [-0.39, 0.29) is 15.8 Å². The van der Waals surface area contributed by atoms with Crippen molar-refractivity contribution in [1.29, 1.82) is 0 Å². The highest BCUT2D eigenvalue weighted by molar-refractivity contribution is 7.92. The van der Waals surface area contributed by atoms with Crippen LogP contribution in [-0.2, 0) is 14.6 Å². The molecule has 0 aromatic carbocycles. The molecule has 0 unspecified atom stereocenters. The number of nitrogens with zero attached hydrogens (tertiary/aromatic N) is 4. The summed E-state index contributed by atoms with van der Waals surface area (Å²) in [5.41, 5.74) is -0.332. The van der Waals surface area contributed by atoms with Crippen molar-refractivity contribution < 1.29 is 17.9 Å². The van der Waals surface area contributed by atoms with E-state index >= 15 is 0 Å². The molecule has 3 rings (SSSR count). The van der Waals surface area contributed by atoms with Gasteiger partial charge in [-0.2, -0.15) is 0 Å². The van der Waals surface area contributed by atoms with Gasteiger partial charge in [-0.1, -0.05) is 11.3 Å². The van der Waals surface area contributed by atoms with Crippen LogP contribution in [0.25, 0.3) is 0 Å². The summed E-state index contributed by atoms with van der Waals surface area (Å²) in [5, 5.41) is 8.53. The average Bonchev–Trinajstić information content (AvgIpc) is 3.13. The van der Waals surface area contributed by atoms with E-state index in [0.717, 1.165) is 49.9 Å². The first kappa shape index (κ1) is 19.3. The fourth-order valence-corrected chi connectivity index (χ4v) is 5.10. The molecule has 0 atom stereocenters. The van der Waals surface area contributed by atoms with E-state index in [2.05, 4.69) is 15.1 Å². The predicted octanol–water partition coefficient (Wildman–Crippen LogP) is 2.17. The maximum Gasteiger partial charge on any atom is 0.410 e. The molecule has 1 aromatic rings. The number of rotatable bonds is 2. The van der Waals surface area contributed by atoms with E-state index in [4.69, 9.17) is 4.74 Å². The normalized spacial score (nSPS) is 20.6. The van der Waals surface area contributed by atoms with E-state index in [0.29, 0.717) is 18.2 Å². The summed E-state index contributed by atoms with van der Waals surface area (Å²) in [6.07, 6.45) is 3.75. The molecular formula is C16H26N4O4S2. The lowest BCUT2D eigenvalue weighted by molar-refractivity contribution is 0.0122. The Balaban J connectivity index is 1.59. The SMILES string of the molecule is CC(C)(C)OC(=O)N1CCC2(CC1)CCN(c1nnc(S(C)(=O)=O)s1)C2. The maximum atomic E-state index is 12.2. The van der Waals surface area contributed by atoms with Gasteiger partial charge in [-0.15, -0.1) is 10.2 Å². The van der Waals surface area contributed by atoms with Gasteiger partial charge in [-0.05, 0) is 45.4 Å². The molecule has 1 spiro atoms. The van der Waals surface area contributed by atoms with Crippen molar-refractivity contribution in [2.45, 2.75) is 50.0 Å². The number of sulfone groups is 1. The summed E-state index contributed by atoms with van der Waals surface area (Å²) < 4.78 is 28.7. The van der Waals surface area contributed by atoms with Crippen LogP contribution in [0.15, 0.2) is 4.34 Å². The van der Waals surface area contributed by atoms with Crippen LogP contribution >= 0.6 is 11.3 Å². The molecule has 1 amide bonds. The van der Waals surface area contributed by atoms with E-state index in [1.165, 1.54) is 0 Å². The van der Waals surface area contributed by atoms with Crippen molar-refractivity contribution in [2.75, 3.05) is 37.3 Å². The Morgan fingerprint density at radius 1 is 1.15 bits per heavy atom. The molecule has 26 heavy (non-hydrogen) atoms. The molecule has 8 nitrogen and oxygen atoms in total. The molecule has 0 saturated carbocycles. The van der Waals surface area contributed by atoms with E-state index in [9.17, 15) is 13.2 Å². The molecule has 1 aromatic heterocycles. The van der Waals surface area contributed by atoms with Gasteiger partial charge in [0, 0.05) is 32.4 Å². The molecule has 3 heterocycles.